The molecule has 0 fully saturated rings. The normalized spacial score (nSPS) is 12.0. The lowest BCUT2D eigenvalue weighted by molar-refractivity contribution is 0.668. The van der Waals surface area contributed by atoms with Gasteiger partial charge in [-0.15, -0.1) is 0 Å². The highest BCUT2D eigenvalue weighted by Gasteiger charge is 2.23. The largest absolute Gasteiger partial charge is 0.456 e. The number of aromatic nitrogens is 5. The summed E-state index contributed by atoms with van der Waals surface area (Å²) in [7, 11) is 0. The molecule has 7 nitrogen and oxygen atoms in total. The van der Waals surface area contributed by atoms with Crippen LogP contribution in [0.4, 0.5) is 0 Å². The van der Waals surface area contributed by atoms with Gasteiger partial charge in [0.15, 0.2) is 17.5 Å². The maximum atomic E-state index is 6.68. The first-order valence-electron chi connectivity index (χ1n) is 27.0. The topological polar surface area (TPSA) is 74.8 Å². The van der Waals surface area contributed by atoms with E-state index in [9.17, 15) is 0 Å². The van der Waals surface area contributed by atoms with Gasteiger partial charge in [0, 0.05) is 71.2 Å². The van der Waals surface area contributed by atoms with Crippen LogP contribution in [0.2, 0.25) is 0 Å². The van der Waals surface area contributed by atoms with Crippen LogP contribution in [0.25, 0.3) is 166 Å². The van der Waals surface area contributed by atoms with Gasteiger partial charge in [0.05, 0.1) is 22.1 Å². The third-order valence-electron chi connectivity index (χ3n) is 16.2. The number of hydrogen-bond donors (Lipinski definition) is 0. The predicted octanol–water partition coefficient (Wildman–Crippen LogP) is 19.4. The molecule has 5 heterocycles. The molecule has 17 aromatic rings. The molecule has 80 heavy (non-hydrogen) atoms. The van der Waals surface area contributed by atoms with Crippen LogP contribution in [0.1, 0.15) is 0 Å². The van der Waals surface area contributed by atoms with Crippen LogP contribution < -0.4 is 0 Å². The van der Waals surface area contributed by atoms with Crippen molar-refractivity contribution in [3.8, 4) is 67.8 Å². The lowest BCUT2D eigenvalue weighted by atomic mass is 9.98. The first-order chi connectivity index (χ1) is 39.6. The molecule has 372 valence electrons. The van der Waals surface area contributed by atoms with Crippen LogP contribution >= 0.6 is 0 Å². The van der Waals surface area contributed by atoms with Crippen LogP contribution in [0, 0.1) is 0 Å². The molecule has 0 saturated carbocycles. The van der Waals surface area contributed by atoms with Crippen molar-refractivity contribution in [3.05, 3.63) is 261 Å². The van der Waals surface area contributed by atoms with Crippen LogP contribution in [-0.2, 0) is 0 Å². The zero-order valence-corrected chi connectivity index (χ0v) is 42.9. The molecule has 0 spiro atoms. The minimum atomic E-state index is 0.542. The van der Waals surface area contributed by atoms with Gasteiger partial charge in [-0.1, -0.05) is 158 Å². The predicted molar refractivity (Wildman–Crippen MR) is 328 cm³/mol. The van der Waals surface area contributed by atoms with Gasteiger partial charge in [-0.25, -0.2) is 15.0 Å². The minimum Gasteiger partial charge on any atom is -0.456 e. The fraction of sp³-hybridized carbons (Fsp3) is 0. The molecule has 0 aliphatic heterocycles. The van der Waals surface area contributed by atoms with Gasteiger partial charge < -0.3 is 18.0 Å². The first-order valence-corrected chi connectivity index (χ1v) is 27.0. The zero-order valence-electron chi connectivity index (χ0n) is 42.9. The highest BCUT2D eigenvalue weighted by atomic mass is 16.3. The number of fused-ring (bicyclic) bond motifs is 13. The summed E-state index contributed by atoms with van der Waals surface area (Å²) < 4.78 is 18.1. The smallest absolute Gasteiger partial charge is 0.164 e. The molecule has 0 radical (unpaired) electrons. The van der Waals surface area contributed by atoms with E-state index in [-0.39, 0.29) is 0 Å². The summed E-state index contributed by atoms with van der Waals surface area (Å²) in [6.07, 6.45) is 0. The molecule has 0 saturated heterocycles. The average Bonchev–Trinajstić information content (AvgIpc) is 4.34. The molecular weight excluding hydrogens is 979 g/mol. The first kappa shape index (κ1) is 44.3. The highest BCUT2D eigenvalue weighted by Crippen LogP contribution is 2.43. The molecule has 0 unspecified atom stereocenters. The Kier molecular flexibility index (Phi) is 9.58. The van der Waals surface area contributed by atoms with E-state index >= 15 is 0 Å². The standard InChI is InChI=1S/C73H43N5O2/c1-3-17-51(18-4-1)77-61-25-11-9-21-53(61)57-40-46(31-35-63(57)77)48-33-37-65-59(42-48)69-55(23-13-27-67(69)79-65)72-74-71(50-30-29-44-15-7-8-16-45(44)39-50)75-73(76-72)56-24-14-28-68-70(56)60-43-49(34-38-66(60)80-68)47-32-36-64-58(41-47)54-22-10-12-26-62(54)78(64)52-19-5-2-6-20-52/h1-43H. The van der Waals surface area contributed by atoms with Crippen molar-refractivity contribution in [2.24, 2.45) is 0 Å². The molecular formula is C73H43N5O2. The second-order valence-electron chi connectivity index (χ2n) is 20.7. The summed E-state index contributed by atoms with van der Waals surface area (Å²) in [4.78, 5) is 16.2. The van der Waals surface area contributed by atoms with Crippen molar-refractivity contribution in [1.29, 1.82) is 0 Å². The molecule has 5 aromatic heterocycles. The second kappa shape index (κ2) is 17.3. The average molecular weight is 1020 g/mol. The fourth-order valence-electron chi connectivity index (χ4n) is 12.5. The van der Waals surface area contributed by atoms with Gasteiger partial charge in [-0.3, -0.25) is 0 Å². The van der Waals surface area contributed by atoms with Crippen LogP contribution in [0.5, 0.6) is 0 Å². The van der Waals surface area contributed by atoms with Crippen molar-refractivity contribution < 1.29 is 8.83 Å². The lowest BCUT2D eigenvalue weighted by Gasteiger charge is -2.11. The maximum absolute atomic E-state index is 6.68. The quantitative estimate of drug-likeness (QED) is 0.159. The Balaban J connectivity index is 0.837. The van der Waals surface area contributed by atoms with Crippen molar-refractivity contribution in [1.82, 2.24) is 24.1 Å². The highest BCUT2D eigenvalue weighted by molar-refractivity contribution is 6.16. The van der Waals surface area contributed by atoms with Crippen molar-refractivity contribution in [2.45, 2.75) is 0 Å². The van der Waals surface area contributed by atoms with E-state index in [4.69, 9.17) is 23.8 Å². The van der Waals surface area contributed by atoms with E-state index in [1.807, 2.05) is 24.3 Å². The van der Waals surface area contributed by atoms with E-state index in [0.717, 1.165) is 116 Å². The van der Waals surface area contributed by atoms with Gasteiger partial charge in [0.2, 0.25) is 0 Å². The van der Waals surface area contributed by atoms with Gasteiger partial charge in [-0.05, 0) is 136 Å². The Labute approximate surface area is 457 Å². The molecule has 0 aliphatic rings. The number of nitrogens with zero attached hydrogens (tertiary/aromatic N) is 5. The number of benzene rings is 12. The van der Waals surface area contributed by atoms with Crippen LogP contribution in [-0.4, -0.2) is 24.1 Å². The summed E-state index contributed by atoms with van der Waals surface area (Å²) in [5, 5.41) is 10.9. The molecule has 0 N–H and O–H groups in total. The molecule has 0 atom stereocenters. The Morgan fingerprint density at radius 2 is 0.662 bits per heavy atom. The van der Waals surface area contributed by atoms with E-state index < -0.39 is 0 Å². The number of rotatable bonds is 7. The van der Waals surface area contributed by atoms with E-state index in [0.29, 0.717) is 17.5 Å². The number of furan rings is 2. The van der Waals surface area contributed by atoms with E-state index in [1.54, 1.807) is 0 Å². The third-order valence-corrected chi connectivity index (χ3v) is 16.2. The Bertz CT molecular complexity index is 5080. The minimum absolute atomic E-state index is 0.542. The summed E-state index contributed by atoms with van der Waals surface area (Å²) in [5.41, 5.74) is 17.0. The summed E-state index contributed by atoms with van der Waals surface area (Å²) in [5.74, 6) is 1.65. The molecule has 7 heteroatoms. The van der Waals surface area contributed by atoms with E-state index in [2.05, 4.69) is 246 Å². The Morgan fingerprint density at radius 1 is 0.250 bits per heavy atom. The molecule has 12 aromatic carbocycles. The molecule has 0 aliphatic carbocycles. The van der Waals surface area contributed by atoms with Crippen molar-refractivity contribution >= 4 is 98.3 Å². The summed E-state index contributed by atoms with van der Waals surface area (Å²) in [6, 6.07) is 92.2. The van der Waals surface area contributed by atoms with Gasteiger partial charge in [-0.2, -0.15) is 0 Å². The van der Waals surface area contributed by atoms with Crippen LogP contribution in [0.15, 0.2) is 270 Å². The number of para-hydroxylation sites is 4. The lowest BCUT2D eigenvalue weighted by Crippen LogP contribution is -2.00. The molecule has 0 amide bonds. The summed E-state index contributed by atoms with van der Waals surface area (Å²) in [6.45, 7) is 0. The number of hydrogen-bond acceptors (Lipinski definition) is 5. The van der Waals surface area contributed by atoms with Crippen molar-refractivity contribution in [3.63, 3.8) is 0 Å². The van der Waals surface area contributed by atoms with E-state index in [1.165, 1.54) is 32.6 Å². The Morgan fingerprint density at radius 3 is 1.19 bits per heavy atom. The Hall–Kier alpha value is -10.9. The van der Waals surface area contributed by atoms with Gasteiger partial charge >= 0.3 is 0 Å². The van der Waals surface area contributed by atoms with Crippen molar-refractivity contribution in [2.75, 3.05) is 0 Å². The van der Waals surface area contributed by atoms with Gasteiger partial charge in [0.1, 0.15) is 22.3 Å². The van der Waals surface area contributed by atoms with Gasteiger partial charge in [0.25, 0.3) is 0 Å². The SMILES string of the molecule is c1ccc(-n2c3ccccc3c3cc(-c4ccc5oc6cccc(-c7nc(-c8ccc9ccccc9c8)nc(-c8cccc9oc%10ccc(-c%11ccc%12c(c%11)c%11ccccc%11n%12-c%11ccccc%11)cc%10c89)n7)c6c5c4)ccc32)cc1. The summed E-state index contributed by atoms with van der Waals surface area (Å²) >= 11 is 0. The third kappa shape index (κ3) is 6.84. The second-order valence-corrected chi connectivity index (χ2v) is 20.7. The molecule has 0 bridgehead atoms. The van der Waals surface area contributed by atoms with Crippen LogP contribution in [0.3, 0.4) is 0 Å². The molecule has 17 rings (SSSR count). The monoisotopic (exact) mass is 1020 g/mol. The maximum Gasteiger partial charge on any atom is 0.164 e. The fourth-order valence-corrected chi connectivity index (χ4v) is 12.5. The zero-order chi connectivity index (χ0) is 52.4.